The Hall–Kier alpha value is -3.39. The first-order chi connectivity index (χ1) is 16.5. The van der Waals surface area contributed by atoms with Crippen molar-refractivity contribution in [2.75, 3.05) is 26.8 Å². The van der Waals surface area contributed by atoms with Crippen molar-refractivity contribution in [2.24, 2.45) is 0 Å². The van der Waals surface area contributed by atoms with Crippen molar-refractivity contribution in [1.82, 2.24) is 10.2 Å². The summed E-state index contributed by atoms with van der Waals surface area (Å²) >= 11 is 0. The number of benzene rings is 2. The van der Waals surface area contributed by atoms with Crippen LogP contribution in [0, 0.1) is 0 Å². The molecule has 0 spiro atoms. The van der Waals surface area contributed by atoms with E-state index in [1.165, 1.54) is 12.0 Å². The molecular weight excluding hydrogens is 436 g/mol. The lowest BCUT2D eigenvalue weighted by molar-refractivity contribution is -0.153. The third-order valence-corrected chi connectivity index (χ3v) is 6.66. The molecule has 1 saturated heterocycles. The van der Waals surface area contributed by atoms with Gasteiger partial charge in [-0.1, -0.05) is 48.5 Å². The number of carboxylic acid groups (broad SMARTS) is 1. The topological polar surface area (TPSA) is 105 Å². The molecule has 2 atom stereocenters. The lowest BCUT2D eigenvalue weighted by Gasteiger charge is -2.33. The van der Waals surface area contributed by atoms with Crippen molar-refractivity contribution >= 4 is 18.0 Å². The van der Waals surface area contributed by atoms with E-state index in [2.05, 4.69) is 29.6 Å². The van der Waals surface area contributed by atoms with Crippen LogP contribution in [-0.4, -0.2) is 66.9 Å². The van der Waals surface area contributed by atoms with Crippen molar-refractivity contribution in [3.05, 3.63) is 59.7 Å². The molecule has 1 aliphatic carbocycles. The first kappa shape index (κ1) is 23.8. The van der Waals surface area contributed by atoms with Crippen molar-refractivity contribution < 1.29 is 29.0 Å². The molecule has 0 saturated carbocycles. The smallest absolute Gasteiger partial charge is 0.407 e. The summed E-state index contributed by atoms with van der Waals surface area (Å²) in [5, 5.41) is 12.1. The van der Waals surface area contributed by atoms with Gasteiger partial charge in [-0.2, -0.15) is 0 Å². The van der Waals surface area contributed by atoms with Crippen molar-refractivity contribution in [3.8, 4) is 11.1 Å². The maximum atomic E-state index is 12.7. The molecule has 0 aromatic heterocycles. The molecule has 8 heteroatoms. The minimum absolute atomic E-state index is 0.00998. The third-order valence-electron chi connectivity index (χ3n) is 6.66. The number of carboxylic acids is 1. The Kier molecular flexibility index (Phi) is 7.47. The van der Waals surface area contributed by atoms with Gasteiger partial charge in [-0.05, 0) is 41.5 Å². The van der Waals surface area contributed by atoms with E-state index in [0.29, 0.717) is 13.0 Å². The van der Waals surface area contributed by atoms with Crippen LogP contribution in [-0.2, 0) is 19.1 Å². The average molecular weight is 467 g/mol. The van der Waals surface area contributed by atoms with E-state index in [9.17, 15) is 19.5 Å². The SMILES string of the molecule is COC(CNC(=O)OCC1c2ccccc2-c2ccccc21)CC(=O)N1CCCC[C@H]1C(=O)O. The van der Waals surface area contributed by atoms with Crippen molar-refractivity contribution in [3.63, 3.8) is 0 Å². The van der Waals surface area contributed by atoms with Gasteiger partial charge >= 0.3 is 12.1 Å². The second-order valence-electron chi connectivity index (χ2n) is 8.71. The second-order valence-corrected chi connectivity index (χ2v) is 8.71. The lowest BCUT2D eigenvalue weighted by Crippen LogP contribution is -2.49. The minimum atomic E-state index is -0.987. The normalized spacial score (nSPS) is 18.0. The molecule has 4 rings (SSSR count). The number of likely N-dealkylation sites (tertiary alicyclic amines) is 1. The third kappa shape index (κ3) is 5.07. The highest BCUT2D eigenvalue weighted by atomic mass is 16.5. The van der Waals surface area contributed by atoms with Crippen LogP contribution >= 0.6 is 0 Å². The number of piperidine rings is 1. The number of aliphatic carboxylic acids is 1. The fraction of sp³-hybridized carbons (Fsp3) is 0.423. The average Bonchev–Trinajstić information content (AvgIpc) is 3.18. The van der Waals surface area contributed by atoms with Gasteiger partial charge in [0.2, 0.25) is 5.91 Å². The van der Waals surface area contributed by atoms with E-state index >= 15 is 0 Å². The summed E-state index contributed by atoms with van der Waals surface area (Å²) in [5.41, 5.74) is 4.57. The monoisotopic (exact) mass is 466 g/mol. The van der Waals surface area contributed by atoms with Crippen LogP contribution in [0.5, 0.6) is 0 Å². The predicted octanol–water partition coefficient (Wildman–Crippen LogP) is 3.40. The Balaban J connectivity index is 1.30. The maximum absolute atomic E-state index is 12.7. The van der Waals surface area contributed by atoms with Gasteiger partial charge in [0.1, 0.15) is 12.6 Å². The summed E-state index contributed by atoms with van der Waals surface area (Å²) in [5.74, 6) is -1.31. The Morgan fingerprint density at radius 1 is 1.06 bits per heavy atom. The number of methoxy groups -OCH3 is 1. The molecule has 2 N–H and O–H groups in total. The quantitative estimate of drug-likeness (QED) is 0.618. The van der Waals surface area contributed by atoms with Crippen LogP contribution in [0.2, 0.25) is 0 Å². The van der Waals surface area contributed by atoms with E-state index in [1.54, 1.807) is 0 Å². The molecule has 1 unspecified atom stereocenters. The Morgan fingerprint density at radius 3 is 2.32 bits per heavy atom. The molecule has 2 aliphatic rings. The molecule has 180 valence electrons. The van der Waals surface area contributed by atoms with Crippen LogP contribution < -0.4 is 5.32 Å². The minimum Gasteiger partial charge on any atom is -0.480 e. The number of carbonyl (C=O) groups excluding carboxylic acids is 2. The molecule has 2 amide bonds. The summed E-state index contributed by atoms with van der Waals surface area (Å²) in [6.45, 7) is 0.709. The Bertz CT molecular complexity index is 1010. The molecule has 1 fully saturated rings. The number of carbonyl (C=O) groups is 3. The van der Waals surface area contributed by atoms with Crippen LogP contribution in [0.25, 0.3) is 11.1 Å². The fourth-order valence-electron chi connectivity index (χ4n) is 4.88. The molecule has 8 nitrogen and oxygen atoms in total. The summed E-state index contributed by atoms with van der Waals surface area (Å²) in [7, 11) is 1.46. The number of rotatable bonds is 8. The number of alkyl carbamates (subject to hydrolysis) is 1. The van der Waals surface area contributed by atoms with Gasteiger partial charge < -0.3 is 24.8 Å². The number of nitrogens with one attached hydrogen (secondary N) is 1. The zero-order chi connectivity index (χ0) is 24.1. The zero-order valence-corrected chi connectivity index (χ0v) is 19.2. The maximum Gasteiger partial charge on any atom is 0.407 e. The number of amides is 2. The van der Waals surface area contributed by atoms with Gasteiger partial charge in [0.25, 0.3) is 0 Å². The highest BCUT2D eigenvalue weighted by Crippen LogP contribution is 2.44. The van der Waals surface area contributed by atoms with E-state index in [0.717, 1.165) is 35.1 Å². The summed E-state index contributed by atoms with van der Waals surface area (Å²) in [6.07, 6.45) is 0.853. The summed E-state index contributed by atoms with van der Waals surface area (Å²) < 4.78 is 10.9. The number of hydrogen-bond acceptors (Lipinski definition) is 5. The number of fused-ring (bicyclic) bond motifs is 3. The number of hydrogen-bond donors (Lipinski definition) is 2. The van der Waals surface area contributed by atoms with Gasteiger partial charge in [0, 0.05) is 26.1 Å². The molecule has 0 bridgehead atoms. The highest BCUT2D eigenvalue weighted by Gasteiger charge is 2.33. The van der Waals surface area contributed by atoms with E-state index in [4.69, 9.17) is 9.47 Å². The summed E-state index contributed by atoms with van der Waals surface area (Å²) in [6, 6.07) is 15.4. The lowest BCUT2D eigenvalue weighted by atomic mass is 9.98. The first-order valence-corrected chi connectivity index (χ1v) is 11.6. The van der Waals surface area contributed by atoms with Crippen LogP contribution in [0.4, 0.5) is 4.79 Å². The van der Waals surface area contributed by atoms with Gasteiger partial charge in [0.15, 0.2) is 0 Å². The molecule has 0 radical (unpaired) electrons. The standard InChI is InChI=1S/C26H30N2O6/c1-33-17(14-24(29)28-13-7-6-12-23(28)25(30)31)15-27-26(32)34-16-22-20-10-4-2-8-18(20)19-9-3-5-11-21(19)22/h2-5,8-11,17,22-23H,6-7,12-16H2,1H3,(H,27,32)(H,30,31)/t17?,23-/m0/s1. The molecule has 34 heavy (non-hydrogen) atoms. The van der Waals surface area contributed by atoms with E-state index in [1.807, 2.05) is 24.3 Å². The van der Waals surface area contributed by atoms with E-state index < -0.39 is 24.2 Å². The predicted molar refractivity (Wildman–Crippen MR) is 125 cm³/mol. The zero-order valence-electron chi connectivity index (χ0n) is 19.2. The molecule has 1 heterocycles. The van der Waals surface area contributed by atoms with Gasteiger partial charge in [-0.3, -0.25) is 4.79 Å². The molecule has 2 aromatic rings. The number of nitrogens with zero attached hydrogens (tertiary/aromatic N) is 1. The molecule has 1 aliphatic heterocycles. The second kappa shape index (κ2) is 10.7. The van der Waals surface area contributed by atoms with Crippen molar-refractivity contribution in [2.45, 2.75) is 43.7 Å². The fourth-order valence-corrected chi connectivity index (χ4v) is 4.88. The van der Waals surface area contributed by atoms with Crippen LogP contribution in [0.3, 0.4) is 0 Å². The van der Waals surface area contributed by atoms with Gasteiger partial charge in [-0.15, -0.1) is 0 Å². The largest absolute Gasteiger partial charge is 0.480 e. The van der Waals surface area contributed by atoms with E-state index in [-0.39, 0.29) is 31.4 Å². The molecular formula is C26H30N2O6. The Morgan fingerprint density at radius 2 is 1.71 bits per heavy atom. The first-order valence-electron chi connectivity index (χ1n) is 11.6. The summed E-state index contributed by atoms with van der Waals surface area (Å²) in [4.78, 5) is 38.0. The van der Waals surface area contributed by atoms with Gasteiger partial charge in [0.05, 0.1) is 12.5 Å². The number of ether oxygens (including phenoxy) is 2. The van der Waals surface area contributed by atoms with Crippen LogP contribution in [0.1, 0.15) is 42.7 Å². The molecule has 2 aromatic carbocycles. The highest BCUT2D eigenvalue weighted by molar-refractivity contribution is 5.84. The Labute approximate surface area is 198 Å². The van der Waals surface area contributed by atoms with Gasteiger partial charge in [-0.25, -0.2) is 9.59 Å². The van der Waals surface area contributed by atoms with Crippen molar-refractivity contribution in [1.29, 1.82) is 0 Å². The van der Waals surface area contributed by atoms with Crippen LogP contribution in [0.15, 0.2) is 48.5 Å².